The Balaban J connectivity index is 1.99. The maximum atomic E-state index is 11.0. The smallest absolute Gasteiger partial charge is 0.337 e. The van der Waals surface area contributed by atoms with Crippen molar-refractivity contribution in [1.29, 1.82) is 0 Å². The summed E-state index contributed by atoms with van der Waals surface area (Å²) in [5, 5.41) is 12.1. The standard InChI is InChI=1S/C13H20N4O2/c1-8(17(2)9-3-4-9)7-16-12-11(14)10(13(18)19)5-6-15-12/h5-6,8-9H,3-4,7,14H2,1-2H3,(H,15,16)(H,18,19). The molecule has 4 N–H and O–H groups in total. The highest BCUT2D eigenvalue weighted by atomic mass is 16.4. The van der Waals surface area contributed by atoms with Gasteiger partial charge in [-0.2, -0.15) is 0 Å². The number of likely N-dealkylation sites (N-methyl/N-ethyl adjacent to an activating group) is 1. The molecule has 1 unspecified atom stereocenters. The average molecular weight is 264 g/mol. The SMILES string of the molecule is CC(CNc1nccc(C(=O)O)c1N)N(C)C1CC1. The second-order valence-corrected chi connectivity index (χ2v) is 5.05. The van der Waals surface area contributed by atoms with E-state index in [9.17, 15) is 4.79 Å². The highest BCUT2D eigenvalue weighted by molar-refractivity contribution is 5.96. The number of carbonyl (C=O) groups is 1. The third-order valence-corrected chi connectivity index (χ3v) is 3.60. The summed E-state index contributed by atoms with van der Waals surface area (Å²) in [4.78, 5) is 17.4. The second kappa shape index (κ2) is 5.44. The first-order valence-corrected chi connectivity index (χ1v) is 6.44. The normalized spacial score (nSPS) is 16.4. The van der Waals surface area contributed by atoms with Crippen LogP contribution in [-0.4, -0.2) is 46.6 Å². The molecule has 1 aromatic heterocycles. The molecule has 1 saturated carbocycles. The number of pyridine rings is 1. The summed E-state index contributed by atoms with van der Waals surface area (Å²) in [6.07, 6.45) is 3.98. The number of carboxylic acid groups (broad SMARTS) is 1. The third-order valence-electron chi connectivity index (χ3n) is 3.60. The number of hydrogen-bond acceptors (Lipinski definition) is 5. The predicted octanol–water partition coefficient (Wildman–Crippen LogP) is 1.26. The largest absolute Gasteiger partial charge is 0.478 e. The summed E-state index contributed by atoms with van der Waals surface area (Å²) in [5.41, 5.74) is 6.07. The molecule has 0 amide bonds. The summed E-state index contributed by atoms with van der Waals surface area (Å²) in [5.74, 6) is -0.595. The second-order valence-electron chi connectivity index (χ2n) is 5.05. The highest BCUT2D eigenvalue weighted by Gasteiger charge is 2.29. The number of nitrogens with one attached hydrogen (secondary N) is 1. The fourth-order valence-electron chi connectivity index (χ4n) is 2.03. The van der Waals surface area contributed by atoms with Crippen molar-refractivity contribution in [3.8, 4) is 0 Å². The van der Waals surface area contributed by atoms with Gasteiger partial charge in [-0.05, 0) is 32.9 Å². The number of rotatable bonds is 6. The molecular formula is C13H20N4O2. The van der Waals surface area contributed by atoms with Crippen LogP contribution in [0.25, 0.3) is 0 Å². The Kier molecular flexibility index (Phi) is 3.90. The van der Waals surface area contributed by atoms with E-state index in [4.69, 9.17) is 10.8 Å². The molecule has 1 fully saturated rings. The topological polar surface area (TPSA) is 91.5 Å². The quantitative estimate of drug-likeness (QED) is 0.716. The van der Waals surface area contributed by atoms with Crippen molar-refractivity contribution in [3.63, 3.8) is 0 Å². The first kappa shape index (κ1) is 13.6. The Bertz CT molecular complexity index is 474. The van der Waals surface area contributed by atoms with Crippen molar-refractivity contribution in [1.82, 2.24) is 9.88 Å². The van der Waals surface area contributed by atoms with Gasteiger partial charge in [-0.1, -0.05) is 0 Å². The van der Waals surface area contributed by atoms with E-state index in [0.717, 1.165) is 0 Å². The van der Waals surface area contributed by atoms with Gasteiger partial charge in [0.15, 0.2) is 0 Å². The van der Waals surface area contributed by atoms with Crippen LogP contribution < -0.4 is 11.1 Å². The number of hydrogen-bond donors (Lipinski definition) is 3. The van der Waals surface area contributed by atoms with Crippen LogP contribution in [-0.2, 0) is 0 Å². The van der Waals surface area contributed by atoms with Gasteiger partial charge in [-0.25, -0.2) is 9.78 Å². The molecule has 1 heterocycles. The molecule has 6 heteroatoms. The van der Waals surface area contributed by atoms with Crippen LogP contribution >= 0.6 is 0 Å². The van der Waals surface area contributed by atoms with E-state index >= 15 is 0 Å². The highest BCUT2D eigenvalue weighted by Crippen LogP contribution is 2.27. The van der Waals surface area contributed by atoms with Gasteiger partial charge in [0.2, 0.25) is 0 Å². The van der Waals surface area contributed by atoms with Crippen molar-refractivity contribution in [2.75, 3.05) is 24.6 Å². The van der Waals surface area contributed by atoms with Crippen molar-refractivity contribution in [3.05, 3.63) is 17.8 Å². The molecule has 0 saturated heterocycles. The van der Waals surface area contributed by atoms with E-state index in [1.54, 1.807) is 0 Å². The van der Waals surface area contributed by atoms with Crippen LogP contribution in [0.3, 0.4) is 0 Å². The Morgan fingerprint density at radius 1 is 1.68 bits per heavy atom. The maximum Gasteiger partial charge on any atom is 0.337 e. The summed E-state index contributed by atoms with van der Waals surface area (Å²) in [7, 11) is 2.11. The Morgan fingerprint density at radius 3 is 2.95 bits per heavy atom. The molecule has 1 aliphatic rings. The first-order chi connectivity index (χ1) is 9.00. The van der Waals surface area contributed by atoms with Crippen LogP contribution in [0.5, 0.6) is 0 Å². The lowest BCUT2D eigenvalue weighted by atomic mass is 10.2. The molecule has 19 heavy (non-hydrogen) atoms. The number of carboxylic acids is 1. The molecule has 0 spiro atoms. The minimum Gasteiger partial charge on any atom is -0.478 e. The Hall–Kier alpha value is -1.82. The zero-order valence-electron chi connectivity index (χ0n) is 11.3. The molecule has 1 atom stereocenters. The molecule has 0 radical (unpaired) electrons. The monoisotopic (exact) mass is 264 g/mol. The van der Waals surface area contributed by atoms with E-state index in [0.29, 0.717) is 24.4 Å². The van der Waals surface area contributed by atoms with Crippen LogP contribution in [0.1, 0.15) is 30.1 Å². The summed E-state index contributed by atoms with van der Waals surface area (Å²) in [6, 6.07) is 2.44. The Labute approximate surface area is 112 Å². The summed E-state index contributed by atoms with van der Waals surface area (Å²) >= 11 is 0. The van der Waals surface area contributed by atoms with Crippen LogP contribution in [0.15, 0.2) is 12.3 Å². The van der Waals surface area contributed by atoms with Gasteiger partial charge in [0.05, 0.1) is 11.3 Å². The average Bonchev–Trinajstić information content (AvgIpc) is 3.20. The van der Waals surface area contributed by atoms with Gasteiger partial charge in [0.25, 0.3) is 0 Å². The summed E-state index contributed by atoms with van der Waals surface area (Å²) < 4.78 is 0. The number of anilines is 2. The van der Waals surface area contributed by atoms with Gasteiger partial charge < -0.3 is 16.2 Å². The minimum absolute atomic E-state index is 0.0840. The van der Waals surface area contributed by atoms with Gasteiger partial charge in [-0.3, -0.25) is 4.90 Å². The Morgan fingerprint density at radius 2 is 2.37 bits per heavy atom. The molecule has 104 valence electrons. The van der Waals surface area contributed by atoms with Gasteiger partial charge >= 0.3 is 5.97 Å². The molecule has 6 nitrogen and oxygen atoms in total. The van der Waals surface area contributed by atoms with Crippen molar-refractivity contribution >= 4 is 17.5 Å². The van der Waals surface area contributed by atoms with Crippen molar-refractivity contribution in [2.45, 2.75) is 31.8 Å². The zero-order valence-corrected chi connectivity index (χ0v) is 11.3. The third kappa shape index (κ3) is 3.14. The number of nitrogens with two attached hydrogens (primary N) is 1. The number of nitrogens with zero attached hydrogens (tertiary/aromatic N) is 2. The lowest BCUT2D eigenvalue weighted by molar-refractivity contribution is 0.0698. The summed E-state index contributed by atoms with van der Waals surface area (Å²) in [6.45, 7) is 2.82. The minimum atomic E-state index is -1.04. The van der Waals surface area contributed by atoms with Crippen LogP contribution in [0.4, 0.5) is 11.5 Å². The fourth-order valence-corrected chi connectivity index (χ4v) is 2.03. The fraction of sp³-hybridized carbons (Fsp3) is 0.538. The predicted molar refractivity (Wildman–Crippen MR) is 74.3 cm³/mol. The van der Waals surface area contributed by atoms with Gasteiger partial charge in [0, 0.05) is 24.8 Å². The van der Waals surface area contributed by atoms with Crippen molar-refractivity contribution in [2.24, 2.45) is 0 Å². The molecule has 1 aromatic rings. The number of aromatic carboxylic acids is 1. The number of aromatic nitrogens is 1. The van der Waals surface area contributed by atoms with Crippen molar-refractivity contribution < 1.29 is 9.90 Å². The number of nitrogen functional groups attached to an aromatic ring is 1. The van der Waals surface area contributed by atoms with Gasteiger partial charge in [0.1, 0.15) is 5.82 Å². The van der Waals surface area contributed by atoms with E-state index in [-0.39, 0.29) is 11.3 Å². The maximum absolute atomic E-state index is 11.0. The molecule has 0 aromatic carbocycles. The van der Waals surface area contributed by atoms with E-state index in [1.807, 2.05) is 0 Å². The molecule has 0 aliphatic heterocycles. The van der Waals surface area contributed by atoms with Gasteiger partial charge in [-0.15, -0.1) is 0 Å². The molecule has 1 aliphatic carbocycles. The molecule has 2 rings (SSSR count). The van der Waals surface area contributed by atoms with E-state index in [2.05, 4.69) is 29.2 Å². The van der Waals surface area contributed by atoms with Crippen LogP contribution in [0.2, 0.25) is 0 Å². The lowest BCUT2D eigenvalue weighted by Gasteiger charge is -2.25. The molecular weight excluding hydrogens is 244 g/mol. The van der Waals surface area contributed by atoms with E-state index in [1.165, 1.54) is 25.1 Å². The van der Waals surface area contributed by atoms with E-state index < -0.39 is 5.97 Å². The lowest BCUT2D eigenvalue weighted by Crippen LogP contribution is -2.36. The zero-order chi connectivity index (χ0) is 14.0. The first-order valence-electron chi connectivity index (χ1n) is 6.44. The van der Waals surface area contributed by atoms with Crippen LogP contribution in [0, 0.1) is 0 Å². The molecule has 0 bridgehead atoms.